The third-order valence-corrected chi connectivity index (χ3v) is 2.69. The molecule has 0 aliphatic rings. The summed E-state index contributed by atoms with van der Waals surface area (Å²) in [6, 6.07) is 7.93. The monoisotopic (exact) mass is 222 g/mol. The van der Waals surface area contributed by atoms with Gasteiger partial charge < -0.3 is 9.47 Å². The third-order valence-electron chi connectivity index (χ3n) is 2.69. The molecule has 88 valence electrons. The van der Waals surface area contributed by atoms with Gasteiger partial charge in [-0.3, -0.25) is 4.79 Å². The number of hydrogen-bond donors (Lipinski definition) is 0. The van der Waals surface area contributed by atoms with Gasteiger partial charge in [-0.2, -0.15) is 0 Å². The van der Waals surface area contributed by atoms with Crippen LogP contribution in [0.5, 0.6) is 5.75 Å². The lowest BCUT2D eigenvalue weighted by atomic mass is 9.96. The highest BCUT2D eigenvalue weighted by Crippen LogP contribution is 2.22. The molecule has 0 aliphatic heterocycles. The van der Waals surface area contributed by atoms with Crippen LogP contribution in [-0.2, 0) is 9.53 Å². The van der Waals surface area contributed by atoms with Gasteiger partial charge in [0.05, 0.1) is 14.2 Å². The zero-order valence-electron chi connectivity index (χ0n) is 10.0. The van der Waals surface area contributed by atoms with E-state index in [1.54, 1.807) is 7.11 Å². The van der Waals surface area contributed by atoms with Crippen molar-refractivity contribution in [2.75, 3.05) is 14.2 Å². The van der Waals surface area contributed by atoms with Crippen molar-refractivity contribution < 1.29 is 14.3 Å². The van der Waals surface area contributed by atoms with Crippen molar-refractivity contribution in [3.05, 3.63) is 29.8 Å². The fourth-order valence-corrected chi connectivity index (χ4v) is 1.54. The highest BCUT2D eigenvalue weighted by Gasteiger charge is 2.08. The van der Waals surface area contributed by atoms with E-state index in [1.807, 2.05) is 24.3 Å². The van der Waals surface area contributed by atoms with Gasteiger partial charge in [0.1, 0.15) is 5.75 Å². The second-order valence-corrected chi connectivity index (χ2v) is 3.79. The van der Waals surface area contributed by atoms with Crippen molar-refractivity contribution >= 4 is 5.97 Å². The van der Waals surface area contributed by atoms with Gasteiger partial charge in [-0.05, 0) is 30.0 Å². The van der Waals surface area contributed by atoms with Crippen LogP contribution in [0.25, 0.3) is 0 Å². The predicted molar refractivity (Wildman–Crippen MR) is 62.7 cm³/mol. The van der Waals surface area contributed by atoms with E-state index in [0.29, 0.717) is 12.3 Å². The summed E-state index contributed by atoms with van der Waals surface area (Å²) in [5, 5.41) is 0. The molecule has 1 atom stereocenters. The Labute approximate surface area is 96.4 Å². The normalized spacial score (nSPS) is 11.9. The Morgan fingerprint density at radius 1 is 1.25 bits per heavy atom. The molecule has 0 saturated carbocycles. The zero-order valence-corrected chi connectivity index (χ0v) is 10.0. The maximum atomic E-state index is 11.0. The molecule has 0 radical (unpaired) electrons. The standard InChI is InChI=1S/C13H18O3/c1-10(4-9-13(14)16-3)11-5-7-12(15-2)8-6-11/h5-8,10H,4,9H2,1-3H3. The van der Waals surface area contributed by atoms with Crippen LogP contribution >= 0.6 is 0 Å². The molecule has 3 heteroatoms. The lowest BCUT2D eigenvalue weighted by Gasteiger charge is -2.11. The number of carbonyl (C=O) groups is 1. The first kappa shape index (κ1) is 12.6. The summed E-state index contributed by atoms with van der Waals surface area (Å²) in [4.78, 5) is 11.0. The molecule has 16 heavy (non-hydrogen) atoms. The van der Waals surface area contributed by atoms with E-state index in [-0.39, 0.29) is 5.97 Å². The first-order chi connectivity index (χ1) is 7.67. The molecule has 0 spiro atoms. The minimum absolute atomic E-state index is 0.152. The highest BCUT2D eigenvalue weighted by atomic mass is 16.5. The van der Waals surface area contributed by atoms with Crippen molar-refractivity contribution in [2.24, 2.45) is 0 Å². The summed E-state index contributed by atoms with van der Waals surface area (Å²) in [5.41, 5.74) is 1.21. The molecule has 0 bridgehead atoms. The number of methoxy groups -OCH3 is 2. The van der Waals surface area contributed by atoms with E-state index in [0.717, 1.165) is 12.2 Å². The maximum Gasteiger partial charge on any atom is 0.305 e. The van der Waals surface area contributed by atoms with Crippen LogP contribution in [0.1, 0.15) is 31.2 Å². The van der Waals surface area contributed by atoms with Gasteiger partial charge in [-0.15, -0.1) is 0 Å². The predicted octanol–water partition coefficient (Wildman–Crippen LogP) is 2.75. The Morgan fingerprint density at radius 2 is 1.88 bits per heavy atom. The molecular formula is C13H18O3. The van der Waals surface area contributed by atoms with Gasteiger partial charge in [0.15, 0.2) is 0 Å². The van der Waals surface area contributed by atoms with Gasteiger partial charge in [-0.25, -0.2) is 0 Å². The first-order valence-electron chi connectivity index (χ1n) is 5.38. The summed E-state index contributed by atoms with van der Waals surface area (Å²) in [7, 11) is 3.07. The van der Waals surface area contributed by atoms with Crippen LogP contribution in [0.15, 0.2) is 24.3 Å². The molecule has 0 aromatic heterocycles. The average Bonchev–Trinajstić information content (AvgIpc) is 2.35. The van der Waals surface area contributed by atoms with Crippen molar-refractivity contribution in [3.63, 3.8) is 0 Å². The fraction of sp³-hybridized carbons (Fsp3) is 0.462. The number of ether oxygens (including phenoxy) is 2. The zero-order chi connectivity index (χ0) is 12.0. The number of hydrogen-bond acceptors (Lipinski definition) is 3. The summed E-state index contributed by atoms with van der Waals surface area (Å²) in [5.74, 6) is 1.05. The molecule has 1 aromatic rings. The van der Waals surface area contributed by atoms with Crippen molar-refractivity contribution in [2.45, 2.75) is 25.7 Å². The van der Waals surface area contributed by atoms with Gasteiger partial charge in [0, 0.05) is 6.42 Å². The molecule has 0 fully saturated rings. The van der Waals surface area contributed by atoms with Crippen molar-refractivity contribution in [1.29, 1.82) is 0 Å². The van der Waals surface area contributed by atoms with Crippen LogP contribution in [0, 0.1) is 0 Å². The van der Waals surface area contributed by atoms with E-state index in [2.05, 4.69) is 11.7 Å². The second kappa shape index (κ2) is 6.16. The molecule has 0 heterocycles. The molecule has 0 amide bonds. The minimum Gasteiger partial charge on any atom is -0.497 e. The number of benzene rings is 1. The van der Waals surface area contributed by atoms with E-state index < -0.39 is 0 Å². The van der Waals surface area contributed by atoms with Crippen LogP contribution < -0.4 is 4.74 Å². The van der Waals surface area contributed by atoms with Gasteiger partial charge in [0.2, 0.25) is 0 Å². The molecule has 0 saturated heterocycles. The van der Waals surface area contributed by atoms with Crippen LogP contribution in [0.2, 0.25) is 0 Å². The SMILES string of the molecule is COC(=O)CCC(C)c1ccc(OC)cc1. The number of carbonyl (C=O) groups excluding carboxylic acids is 1. The van der Waals surface area contributed by atoms with E-state index in [4.69, 9.17) is 4.74 Å². The molecule has 1 aromatic carbocycles. The van der Waals surface area contributed by atoms with Crippen LogP contribution in [-0.4, -0.2) is 20.2 Å². The Balaban J connectivity index is 2.52. The molecule has 3 nitrogen and oxygen atoms in total. The molecule has 1 rings (SSSR count). The van der Waals surface area contributed by atoms with Gasteiger partial charge in [0.25, 0.3) is 0 Å². The largest absolute Gasteiger partial charge is 0.497 e. The Bertz CT molecular complexity index is 330. The summed E-state index contributed by atoms with van der Waals surface area (Å²) in [6.07, 6.45) is 1.27. The van der Waals surface area contributed by atoms with Crippen molar-refractivity contribution in [1.82, 2.24) is 0 Å². The Hall–Kier alpha value is -1.51. The number of rotatable bonds is 5. The quantitative estimate of drug-likeness (QED) is 0.719. The van der Waals surface area contributed by atoms with Crippen LogP contribution in [0.3, 0.4) is 0 Å². The lowest BCUT2D eigenvalue weighted by Crippen LogP contribution is -2.03. The highest BCUT2D eigenvalue weighted by molar-refractivity contribution is 5.69. The molecule has 0 aliphatic carbocycles. The Kier molecular flexibility index (Phi) is 4.83. The van der Waals surface area contributed by atoms with Crippen molar-refractivity contribution in [3.8, 4) is 5.75 Å². The van der Waals surface area contributed by atoms with E-state index in [9.17, 15) is 4.79 Å². The molecule has 0 N–H and O–H groups in total. The minimum atomic E-state index is -0.152. The third kappa shape index (κ3) is 3.57. The summed E-state index contributed by atoms with van der Waals surface area (Å²) < 4.78 is 9.70. The van der Waals surface area contributed by atoms with Crippen LogP contribution in [0.4, 0.5) is 0 Å². The molecule has 1 unspecified atom stereocenters. The summed E-state index contributed by atoms with van der Waals surface area (Å²) >= 11 is 0. The first-order valence-corrected chi connectivity index (χ1v) is 5.38. The number of esters is 1. The maximum absolute atomic E-state index is 11.0. The smallest absolute Gasteiger partial charge is 0.305 e. The fourth-order valence-electron chi connectivity index (χ4n) is 1.54. The van der Waals surface area contributed by atoms with Gasteiger partial charge >= 0.3 is 5.97 Å². The van der Waals surface area contributed by atoms with E-state index >= 15 is 0 Å². The Morgan fingerprint density at radius 3 is 2.38 bits per heavy atom. The second-order valence-electron chi connectivity index (χ2n) is 3.79. The molecular weight excluding hydrogens is 204 g/mol. The topological polar surface area (TPSA) is 35.5 Å². The average molecular weight is 222 g/mol. The summed E-state index contributed by atoms with van der Waals surface area (Å²) in [6.45, 7) is 2.10. The lowest BCUT2D eigenvalue weighted by molar-refractivity contribution is -0.140. The van der Waals surface area contributed by atoms with E-state index in [1.165, 1.54) is 12.7 Å². The van der Waals surface area contributed by atoms with Gasteiger partial charge in [-0.1, -0.05) is 19.1 Å².